The van der Waals surface area contributed by atoms with Crippen LogP contribution in [0.25, 0.3) is 0 Å². The molecule has 17 heavy (non-hydrogen) atoms. The maximum absolute atomic E-state index is 13.7. The molecule has 4 nitrogen and oxygen atoms in total. The summed E-state index contributed by atoms with van der Waals surface area (Å²) in [5, 5.41) is 8.90. The number of nitriles is 1. The van der Waals surface area contributed by atoms with E-state index in [1.165, 1.54) is 12.1 Å². The molecule has 90 valence electrons. The van der Waals surface area contributed by atoms with Crippen LogP contribution in [0.3, 0.4) is 0 Å². The van der Waals surface area contributed by atoms with Crippen molar-refractivity contribution in [3.8, 4) is 6.07 Å². The first-order valence-electron chi connectivity index (χ1n) is 5.19. The quantitative estimate of drug-likeness (QED) is 0.798. The van der Waals surface area contributed by atoms with Crippen LogP contribution in [0.15, 0.2) is 12.1 Å². The number of ether oxygens (including phenoxy) is 1. The number of rotatable bonds is 4. The van der Waals surface area contributed by atoms with Crippen molar-refractivity contribution >= 4 is 5.97 Å². The zero-order valence-electron chi connectivity index (χ0n) is 9.50. The third-order valence-corrected chi connectivity index (χ3v) is 2.24. The fraction of sp³-hybridized carbons (Fsp3) is 0.333. The Morgan fingerprint density at radius 2 is 2.29 bits per heavy atom. The zero-order chi connectivity index (χ0) is 12.8. The van der Waals surface area contributed by atoms with Gasteiger partial charge in [-0.3, -0.25) is 4.79 Å². The minimum atomic E-state index is -0.599. The normalized spacial score (nSPS) is 9.76. The van der Waals surface area contributed by atoms with E-state index >= 15 is 0 Å². The first kappa shape index (κ1) is 13.1. The van der Waals surface area contributed by atoms with Crippen LogP contribution >= 0.6 is 0 Å². The lowest BCUT2D eigenvalue weighted by atomic mass is 10.0. The average molecular weight is 236 g/mol. The molecule has 0 saturated heterocycles. The van der Waals surface area contributed by atoms with Crippen molar-refractivity contribution in [1.29, 1.82) is 5.26 Å². The zero-order valence-corrected chi connectivity index (χ0v) is 9.50. The molecule has 0 amide bonds. The Labute approximate surface area is 98.8 Å². The summed E-state index contributed by atoms with van der Waals surface area (Å²) in [6.45, 7) is 2.03. The van der Waals surface area contributed by atoms with Gasteiger partial charge in [-0.15, -0.1) is 0 Å². The van der Waals surface area contributed by atoms with E-state index in [9.17, 15) is 9.18 Å². The fourth-order valence-corrected chi connectivity index (χ4v) is 1.45. The highest BCUT2D eigenvalue weighted by molar-refractivity contribution is 5.73. The number of nitrogens with zero attached hydrogens (tertiary/aromatic N) is 1. The Morgan fingerprint density at radius 3 is 2.82 bits per heavy atom. The second kappa shape index (κ2) is 5.97. The molecule has 0 fully saturated rings. The summed E-state index contributed by atoms with van der Waals surface area (Å²) < 4.78 is 18.4. The molecular formula is C12H13FN2O2. The molecule has 0 bridgehead atoms. The van der Waals surface area contributed by atoms with Crippen molar-refractivity contribution < 1.29 is 13.9 Å². The predicted octanol–water partition coefficient (Wildman–Crippen LogP) is 1.26. The van der Waals surface area contributed by atoms with E-state index in [0.29, 0.717) is 5.56 Å². The third-order valence-electron chi connectivity index (χ3n) is 2.24. The van der Waals surface area contributed by atoms with Gasteiger partial charge in [0.2, 0.25) is 0 Å². The molecule has 0 aliphatic rings. The van der Waals surface area contributed by atoms with Gasteiger partial charge >= 0.3 is 5.97 Å². The maximum Gasteiger partial charge on any atom is 0.310 e. The van der Waals surface area contributed by atoms with Gasteiger partial charge in [-0.25, -0.2) is 4.39 Å². The molecular weight excluding hydrogens is 223 g/mol. The van der Waals surface area contributed by atoms with Crippen LogP contribution in [0.2, 0.25) is 0 Å². The van der Waals surface area contributed by atoms with Crippen LogP contribution in [0, 0.1) is 17.1 Å². The van der Waals surface area contributed by atoms with E-state index in [0.717, 1.165) is 0 Å². The lowest BCUT2D eigenvalue weighted by Gasteiger charge is -2.07. The smallest absolute Gasteiger partial charge is 0.310 e. The second-order valence-corrected chi connectivity index (χ2v) is 3.40. The Morgan fingerprint density at radius 1 is 1.59 bits per heavy atom. The molecule has 0 unspecified atom stereocenters. The standard InChI is InChI=1S/C12H13FN2O2/c1-2-17-12(16)5-10-9(7-15)3-8(6-14)4-11(10)13/h3-4H,2,5-6,14H2,1H3. The van der Waals surface area contributed by atoms with Crippen LogP contribution in [-0.2, 0) is 22.5 Å². The summed E-state index contributed by atoms with van der Waals surface area (Å²) in [6.07, 6.45) is -0.243. The SMILES string of the molecule is CCOC(=O)Cc1c(F)cc(CN)cc1C#N. The molecule has 2 N–H and O–H groups in total. The number of carbonyl (C=O) groups is 1. The number of hydrogen-bond donors (Lipinski definition) is 1. The summed E-state index contributed by atoms with van der Waals surface area (Å²) in [6, 6.07) is 4.57. The van der Waals surface area contributed by atoms with E-state index in [-0.39, 0.29) is 30.7 Å². The van der Waals surface area contributed by atoms with Gasteiger partial charge in [-0.1, -0.05) is 0 Å². The van der Waals surface area contributed by atoms with E-state index < -0.39 is 11.8 Å². The number of benzene rings is 1. The molecule has 0 atom stereocenters. The molecule has 0 radical (unpaired) electrons. The first-order valence-corrected chi connectivity index (χ1v) is 5.19. The number of esters is 1. The van der Waals surface area contributed by atoms with E-state index in [4.69, 9.17) is 15.7 Å². The van der Waals surface area contributed by atoms with Gasteiger partial charge in [0.25, 0.3) is 0 Å². The molecule has 0 aliphatic heterocycles. The minimum absolute atomic E-state index is 0.0585. The molecule has 0 aliphatic carbocycles. The van der Waals surface area contributed by atoms with Crippen LogP contribution in [0.1, 0.15) is 23.6 Å². The summed E-state index contributed by atoms with van der Waals surface area (Å²) in [5.41, 5.74) is 6.08. The van der Waals surface area contributed by atoms with Crippen molar-refractivity contribution in [3.63, 3.8) is 0 Å². The lowest BCUT2D eigenvalue weighted by molar-refractivity contribution is -0.142. The predicted molar refractivity (Wildman–Crippen MR) is 59.3 cm³/mol. The highest BCUT2D eigenvalue weighted by Crippen LogP contribution is 2.17. The van der Waals surface area contributed by atoms with Crippen LogP contribution in [0.5, 0.6) is 0 Å². The molecule has 5 heteroatoms. The second-order valence-electron chi connectivity index (χ2n) is 3.40. The van der Waals surface area contributed by atoms with Gasteiger partial charge in [-0.05, 0) is 24.6 Å². The van der Waals surface area contributed by atoms with Gasteiger partial charge < -0.3 is 10.5 Å². The molecule has 1 aromatic carbocycles. The van der Waals surface area contributed by atoms with Gasteiger partial charge in [-0.2, -0.15) is 5.26 Å². The molecule has 1 aromatic rings. The van der Waals surface area contributed by atoms with Crippen molar-refractivity contribution in [2.75, 3.05) is 6.61 Å². The van der Waals surface area contributed by atoms with Crippen LogP contribution in [-0.4, -0.2) is 12.6 Å². The first-order chi connectivity index (χ1) is 8.12. The monoisotopic (exact) mass is 236 g/mol. The topological polar surface area (TPSA) is 76.1 Å². The molecule has 0 saturated carbocycles. The van der Waals surface area contributed by atoms with E-state index in [1.807, 2.05) is 6.07 Å². The molecule has 0 aromatic heterocycles. The Kier molecular flexibility index (Phi) is 4.61. The van der Waals surface area contributed by atoms with Crippen molar-refractivity contribution in [2.45, 2.75) is 19.9 Å². The maximum atomic E-state index is 13.7. The number of halogens is 1. The van der Waals surface area contributed by atoms with Gasteiger partial charge in [0, 0.05) is 12.1 Å². The Hall–Kier alpha value is -1.93. The highest BCUT2D eigenvalue weighted by atomic mass is 19.1. The van der Waals surface area contributed by atoms with Crippen molar-refractivity contribution in [1.82, 2.24) is 0 Å². The largest absolute Gasteiger partial charge is 0.466 e. The van der Waals surface area contributed by atoms with E-state index in [2.05, 4.69) is 0 Å². The lowest BCUT2D eigenvalue weighted by Crippen LogP contribution is -2.11. The number of nitrogens with two attached hydrogens (primary N) is 1. The summed E-state index contributed by atoms with van der Waals surface area (Å²) >= 11 is 0. The van der Waals surface area contributed by atoms with Crippen LogP contribution < -0.4 is 5.73 Å². The molecule has 0 spiro atoms. The average Bonchev–Trinajstić information content (AvgIpc) is 2.31. The Bertz CT molecular complexity index is 466. The summed E-state index contributed by atoms with van der Waals surface area (Å²) in [4.78, 5) is 11.3. The van der Waals surface area contributed by atoms with E-state index in [1.54, 1.807) is 6.92 Å². The Balaban J connectivity index is 3.07. The van der Waals surface area contributed by atoms with Crippen molar-refractivity contribution in [3.05, 3.63) is 34.6 Å². The summed E-state index contributed by atoms with van der Waals surface area (Å²) in [5.74, 6) is -1.15. The van der Waals surface area contributed by atoms with Gasteiger partial charge in [0.1, 0.15) is 5.82 Å². The van der Waals surface area contributed by atoms with Gasteiger partial charge in [0.15, 0.2) is 0 Å². The van der Waals surface area contributed by atoms with Crippen LogP contribution in [0.4, 0.5) is 4.39 Å². The molecule has 0 heterocycles. The number of carbonyl (C=O) groups excluding carboxylic acids is 1. The third kappa shape index (κ3) is 3.26. The summed E-state index contributed by atoms with van der Waals surface area (Å²) in [7, 11) is 0. The number of hydrogen-bond acceptors (Lipinski definition) is 4. The van der Waals surface area contributed by atoms with Gasteiger partial charge in [0.05, 0.1) is 24.7 Å². The fourth-order valence-electron chi connectivity index (χ4n) is 1.45. The highest BCUT2D eigenvalue weighted by Gasteiger charge is 2.15. The molecule has 1 rings (SSSR count). The van der Waals surface area contributed by atoms with Crippen molar-refractivity contribution in [2.24, 2.45) is 5.73 Å². The minimum Gasteiger partial charge on any atom is -0.466 e.